The number of hydrogen-bond acceptors (Lipinski definition) is 3. The molecule has 0 unspecified atom stereocenters. The molecule has 0 radical (unpaired) electrons. The zero-order chi connectivity index (χ0) is 13.9. The van der Waals surface area contributed by atoms with E-state index in [1.165, 1.54) is 0 Å². The lowest BCUT2D eigenvalue weighted by atomic mass is 10.2. The number of fused-ring (bicyclic) bond motifs is 1. The van der Waals surface area contributed by atoms with Crippen LogP contribution in [0.3, 0.4) is 0 Å². The highest BCUT2D eigenvalue weighted by molar-refractivity contribution is 5.88. The highest BCUT2D eigenvalue weighted by atomic mass is 16.2. The van der Waals surface area contributed by atoms with Crippen molar-refractivity contribution in [1.29, 1.82) is 0 Å². The number of aromatic nitrogens is 2. The molecule has 6 heteroatoms. The molecule has 1 heterocycles. The molecule has 0 saturated heterocycles. The Kier molecular flexibility index (Phi) is 3.06. The van der Waals surface area contributed by atoms with Crippen molar-refractivity contribution in [3.8, 4) is 5.69 Å². The predicted molar refractivity (Wildman–Crippen MR) is 77.4 cm³/mol. The van der Waals surface area contributed by atoms with E-state index in [-0.39, 0.29) is 0 Å². The van der Waals surface area contributed by atoms with Crippen molar-refractivity contribution in [2.24, 2.45) is 5.84 Å². The van der Waals surface area contributed by atoms with Gasteiger partial charge in [0.05, 0.1) is 11.0 Å². The van der Waals surface area contributed by atoms with Gasteiger partial charge in [0.1, 0.15) is 6.33 Å². The lowest BCUT2D eigenvalue weighted by Gasteiger charge is -2.07. The quantitative estimate of drug-likeness (QED) is 0.377. The summed E-state index contributed by atoms with van der Waals surface area (Å²) in [6.07, 6.45) is 1.78. The van der Waals surface area contributed by atoms with Crippen LogP contribution in [0.4, 0.5) is 10.5 Å². The molecule has 0 aliphatic carbocycles. The van der Waals surface area contributed by atoms with E-state index >= 15 is 0 Å². The van der Waals surface area contributed by atoms with E-state index in [9.17, 15) is 4.79 Å². The van der Waals surface area contributed by atoms with Crippen LogP contribution in [-0.4, -0.2) is 15.6 Å². The second-order valence-corrected chi connectivity index (χ2v) is 4.25. The number of nitrogens with two attached hydrogens (primary N) is 1. The molecule has 0 fully saturated rings. The minimum atomic E-state index is -0.453. The molecule has 2 aromatic carbocycles. The summed E-state index contributed by atoms with van der Waals surface area (Å²) in [6.45, 7) is 0. The van der Waals surface area contributed by atoms with E-state index in [4.69, 9.17) is 5.84 Å². The number of benzene rings is 2. The fraction of sp³-hybridized carbons (Fsp3) is 0. The van der Waals surface area contributed by atoms with Crippen molar-refractivity contribution in [3.63, 3.8) is 0 Å². The number of amides is 2. The molecule has 2 amide bonds. The molecule has 6 nitrogen and oxygen atoms in total. The van der Waals surface area contributed by atoms with Crippen LogP contribution < -0.4 is 16.6 Å². The predicted octanol–water partition coefficient (Wildman–Crippen LogP) is 2.02. The van der Waals surface area contributed by atoms with Crippen molar-refractivity contribution < 1.29 is 4.79 Å². The zero-order valence-corrected chi connectivity index (χ0v) is 10.6. The maximum absolute atomic E-state index is 11.1. The second-order valence-electron chi connectivity index (χ2n) is 4.25. The SMILES string of the molecule is NNC(=O)Nc1ccc(-n2cnc3ccccc32)cc1. The molecule has 0 saturated carbocycles. The fourth-order valence-corrected chi connectivity index (χ4v) is 2.04. The summed E-state index contributed by atoms with van der Waals surface area (Å²) < 4.78 is 1.99. The van der Waals surface area contributed by atoms with E-state index in [2.05, 4.69) is 10.3 Å². The van der Waals surface area contributed by atoms with Crippen molar-refractivity contribution in [1.82, 2.24) is 15.0 Å². The molecule has 4 N–H and O–H groups in total. The molecule has 1 aromatic heterocycles. The molecule has 0 bridgehead atoms. The summed E-state index contributed by atoms with van der Waals surface area (Å²) in [5.74, 6) is 5.01. The van der Waals surface area contributed by atoms with Crippen molar-refractivity contribution >= 4 is 22.8 Å². The maximum atomic E-state index is 11.1. The smallest absolute Gasteiger partial charge is 0.307 e. The first-order valence-corrected chi connectivity index (χ1v) is 6.08. The van der Waals surface area contributed by atoms with Crippen LogP contribution in [-0.2, 0) is 0 Å². The van der Waals surface area contributed by atoms with E-state index in [0.717, 1.165) is 16.7 Å². The summed E-state index contributed by atoms with van der Waals surface area (Å²) in [5, 5.41) is 2.60. The Bertz CT molecular complexity index is 748. The summed E-state index contributed by atoms with van der Waals surface area (Å²) in [6, 6.07) is 14.9. The van der Waals surface area contributed by atoms with Crippen molar-refractivity contribution in [2.75, 3.05) is 5.32 Å². The molecular weight excluding hydrogens is 254 g/mol. The topological polar surface area (TPSA) is 85.0 Å². The van der Waals surface area contributed by atoms with Crippen LogP contribution in [0.15, 0.2) is 54.9 Å². The normalized spacial score (nSPS) is 10.4. The number of anilines is 1. The Morgan fingerprint density at radius 1 is 1.10 bits per heavy atom. The van der Waals surface area contributed by atoms with Gasteiger partial charge in [-0.2, -0.15) is 0 Å². The average molecular weight is 267 g/mol. The van der Waals surface area contributed by atoms with Gasteiger partial charge in [0.15, 0.2) is 0 Å². The third-order valence-electron chi connectivity index (χ3n) is 2.99. The maximum Gasteiger partial charge on any atom is 0.333 e. The number of nitrogens with zero attached hydrogens (tertiary/aromatic N) is 2. The highest BCUT2D eigenvalue weighted by Crippen LogP contribution is 2.19. The van der Waals surface area contributed by atoms with Gasteiger partial charge in [-0.3, -0.25) is 9.99 Å². The van der Waals surface area contributed by atoms with Crippen LogP contribution in [0.5, 0.6) is 0 Å². The Morgan fingerprint density at radius 2 is 1.85 bits per heavy atom. The number of hydrogen-bond donors (Lipinski definition) is 3. The minimum absolute atomic E-state index is 0.453. The van der Waals surface area contributed by atoms with E-state index in [1.807, 2.05) is 46.4 Å². The molecule has 100 valence electrons. The summed E-state index contributed by atoms with van der Waals surface area (Å²) in [7, 11) is 0. The number of nitrogens with one attached hydrogen (secondary N) is 2. The first kappa shape index (κ1) is 12.2. The molecule has 3 aromatic rings. The Hall–Kier alpha value is -2.86. The molecule has 0 aliphatic rings. The van der Waals surface area contributed by atoms with Gasteiger partial charge in [-0.15, -0.1) is 0 Å². The van der Waals surface area contributed by atoms with Gasteiger partial charge in [0.2, 0.25) is 0 Å². The van der Waals surface area contributed by atoms with E-state index in [1.54, 1.807) is 18.5 Å². The number of urea groups is 1. The highest BCUT2D eigenvalue weighted by Gasteiger charge is 2.04. The van der Waals surface area contributed by atoms with Crippen LogP contribution in [0.25, 0.3) is 16.7 Å². The molecular formula is C14H13N5O. The number of hydrazine groups is 1. The van der Waals surface area contributed by atoms with Gasteiger partial charge in [-0.05, 0) is 36.4 Å². The Balaban J connectivity index is 1.93. The number of para-hydroxylation sites is 2. The monoisotopic (exact) mass is 267 g/mol. The van der Waals surface area contributed by atoms with Gasteiger partial charge in [-0.1, -0.05) is 12.1 Å². The third-order valence-corrected chi connectivity index (χ3v) is 2.99. The standard InChI is InChI=1S/C14H13N5O/c15-18-14(20)17-10-5-7-11(8-6-10)19-9-16-12-3-1-2-4-13(12)19/h1-9H,15H2,(H2,17,18,20). The number of carbonyl (C=O) groups is 1. The Morgan fingerprint density at radius 3 is 2.60 bits per heavy atom. The van der Waals surface area contributed by atoms with Crippen molar-refractivity contribution in [2.45, 2.75) is 0 Å². The first-order valence-electron chi connectivity index (χ1n) is 6.08. The molecule has 0 atom stereocenters. The third kappa shape index (κ3) is 2.19. The van der Waals surface area contributed by atoms with Gasteiger partial charge < -0.3 is 5.32 Å². The lowest BCUT2D eigenvalue weighted by molar-refractivity contribution is 0.252. The Labute approximate surface area is 115 Å². The van der Waals surface area contributed by atoms with Crippen LogP contribution in [0.1, 0.15) is 0 Å². The second kappa shape index (κ2) is 5.02. The lowest BCUT2D eigenvalue weighted by Crippen LogP contribution is -2.34. The van der Waals surface area contributed by atoms with Gasteiger partial charge in [0, 0.05) is 11.4 Å². The fourth-order valence-electron chi connectivity index (χ4n) is 2.04. The summed E-state index contributed by atoms with van der Waals surface area (Å²) >= 11 is 0. The van der Waals surface area contributed by atoms with Crippen molar-refractivity contribution in [3.05, 3.63) is 54.9 Å². The molecule has 20 heavy (non-hydrogen) atoms. The number of rotatable bonds is 2. The number of carbonyl (C=O) groups excluding carboxylic acids is 1. The molecule has 0 aliphatic heterocycles. The van der Waals surface area contributed by atoms with Crippen LogP contribution >= 0.6 is 0 Å². The largest absolute Gasteiger partial charge is 0.333 e. The minimum Gasteiger partial charge on any atom is -0.307 e. The first-order chi connectivity index (χ1) is 9.78. The summed E-state index contributed by atoms with van der Waals surface area (Å²) in [4.78, 5) is 15.5. The number of imidazole rings is 1. The summed E-state index contributed by atoms with van der Waals surface area (Å²) in [5.41, 5.74) is 5.63. The van der Waals surface area contributed by atoms with Gasteiger partial charge in [-0.25, -0.2) is 15.6 Å². The molecule has 0 spiro atoms. The van der Waals surface area contributed by atoms with Gasteiger partial charge in [0.25, 0.3) is 0 Å². The van der Waals surface area contributed by atoms with E-state index < -0.39 is 6.03 Å². The average Bonchev–Trinajstić information content (AvgIpc) is 2.92. The van der Waals surface area contributed by atoms with Crippen LogP contribution in [0.2, 0.25) is 0 Å². The van der Waals surface area contributed by atoms with E-state index in [0.29, 0.717) is 5.69 Å². The van der Waals surface area contributed by atoms with Crippen LogP contribution in [0, 0.1) is 0 Å². The zero-order valence-electron chi connectivity index (χ0n) is 10.6. The van der Waals surface area contributed by atoms with Gasteiger partial charge >= 0.3 is 6.03 Å². The molecule has 3 rings (SSSR count).